The van der Waals surface area contributed by atoms with E-state index in [0.717, 1.165) is 19.6 Å². The third kappa shape index (κ3) is 4.20. The zero-order valence-electron chi connectivity index (χ0n) is 13.9. The van der Waals surface area contributed by atoms with Crippen molar-refractivity contribution >= 4 is 5.91 Å². The first-order valence-electron chi connectivity index (χ1n) is 8.32. The molecule has 1 saturated carbocycles. The molecule has 1 N–H and O–H groups in total. The maximum atomic E-state index is 12.9. The molecule has 1 aromatic rings. The third-order valence-electron chi connectivity index (χ3n) is 4.58. The van der Waals surface area contributed by atoms with E-state index in [1.807, 2.05) is 4.90 Å². The number of carbonyl (C=O) groups is 1. The summed E-state index contributed by atoms with van der Waals surface area (Å²) in [6.45, 7) is 5.66. The average Bonchev–Trinajstić information content (AvgIpc) is 3.30. The van der Waals surface area contributed by atoms with Gasteiger partial charge in [-0.05, 0) is 38.8 Å². The number of hydrogen-bond donors (Lipinski definition) is 1. The van der Waals surface area contributed by atoms with E-state index in [1.165, 1.54) is 18.9 Å². The number of aromatic nitrogens is 1. The number of aromatic amines is 1. The van der Waals surface area contributed by atoms with Gasteiger partial charge in [-0.15, -0.1) is 0 Å². The largest absolute Gasteiger partial charge is 0.374 e. The van der Waals surface area contributed by atoms with Crippen LogP contribution in [0.15, 0.2) is 16.9 Å². The lowest BCUT2D eigenvalue weighted by molar-refractivity contribution is -0.0331. The molecule has 1 aliphatic heterocycles. The van der Waals surface area contributed by atoms with Gasteiger partial charge in [0, 0.05) is 37.9 Å². The summed E-state index contributed by atoms with van der Waals surface area (Å²) in [6.07, 6.45) is 2.44. The van der Waals surface area contributed by atoms with Crippen LogP contribution in [0.1, 0.15) is 28.9 Å². The fraction of sp³-hybridized carbons (Fsp3) is 0.647. The van der Waals surface area contributed by atoms with Crippen LogP contribution in [0.25, 0.3) is 0 Å². The molecule has 0 spiro atoms. The van der Waals surface area contributed by atoms with Crippen LogP contribution in [0.2, 0.25) is 0 Å². The molecule has 0 unspecified atom stereocenters. The molecule has 1 saturated heterocycles. The van der Waals surface area contributed by atoms with Gasteiger partial charge in [0.15, 0.2) is 0 Å². The second kappa shape index (κ2) is 6.84. The smallest absolute Gasteiger partial charge is 0.255 e. The van der Waals surface area contributed by atoms with Gasteiger partial charge in [-0.25, -0.2) is 0 Å². The van der Waals surface area contributed by atoms with E-state index in [9.17, 15) is 9.59 Å². The number of nitrogens with one attached hydrogen (secondary N) is 1. The first-order valence-corrected chi connectivity index (χ1v) is 8.32. The zero-order valence-corrected chi connectivity index (χ0v) is 13.9. The Morgan fingerprint density at radius 1 is 1.39 bits per heavy atom. The molecule has 0 radical (unpaired) electrons. The number of H-pyrrole nitrogens is 1. The van der Waals surface area contributed by atoms with Gasteiger partial charge < -0.3 is 19.5 Å². The number of hydrogen-bond acceptors (Lipinski definition) is 4. The normalized spacial score (nSPS) is 22.1. The van der Waals surface area contributed by atoms with Crippen LogP contribution in [-0.4, -0.2) is 66.6 Å². The molecule has 1 aliphatic carbocycles. The van der Waals surface area contributed by atoms with E-state index in [0.29, 0.717) is 30.3 Å². The second-order valence-corrected chi connectivity index (χ2v) is 6.77. The molecular formula is C17H25N3O3. The maximum absolute atomic E-state index is 12.9. The van der Waals surface area contributed by atoms with Gasteiger partial charge in [-0.3, -0.25) is 9.59 Å². The van der Waals surface area contributed by atoms with Crippen LogP contribution in [-0.2, 0) is 4.74 Å². The summed E-state index contributed by atoms with van der Waals surface area (Å²) < 4.78 is 5.82. The van der Waals surface area contributed by atoms with Gasteiger partial charge in [0.05, 0.1) is 18.3 Å². The number of nitrogens with zero attached hydrogens (tertiary/aromatic N) is 2. The van der Waals surface area contributed by atoms with Crippen molar-refractivity contribution in [2.75, 3.05) is 39.8 Å². The summed E-state index contributed by atoms with van der Waals surface area (Å²) >= 11 is 0. The topological polar surface area (TPSA) is 65.6 Å². The summed E-state index contributed by atoms with van der Waals surface area (Å²) in [5.41, 5.74) is 1.03. The Morgan fingerprint density at radius 3 is 2.83 bits per heavy atom. The van der Waals surface area contributed by atoms with Gasteiger partial charge in [0.25, 0.3) is 5.91 Å². The van der Waals surface area contributed by atoms with Gasteiger partial charge >= 0.3 is 0 Å². The summed E-state index contributed by atoms with van der Waals surface area (Å²) in [7, 11) is 2.08. The molecule has 0 aromatic carbocycles. The van der Waals surface area contributed by atoms with Gasteiger partial charge in [-0.2, -0.15) is 0 Å². The third-order valence-corrected chi connectivity index (χ3v) is 4.58. The molecule has 126 valence electrons. The molecule has 1 aromatic heterocycles. The van der Waals surface area contributed by atoms with Gasteiger partial charge in [0.2, 0.25) is 5.56 Å². The minimum atomic E-state index is -0.176. The highest BCUT2D eigenvalue weighted by atomic mass is 16.5. The number of rotatable bonds is 5. The maximum Gasteiger partial charge on any atom is 0.255 e. The Kier molecular flexibility index (Phi) is 4.82. The lowest BCUT2D eigenvalue weighted by Crippen LogP contribution is -2.48. The van der Waals surface area contributed by atoms with Crippen LogP contribution >= 0.6 is 0 Å². The van der Waals surface area contributed by atoms with Crippen molar-refractivity contribution in [2.24, 2.45) is 5.92 Å². The van der Waals surface area contributed by atoms with E-state index in [4.69, 9.17) is 4.74 Å². The Hall–Kier alpha value is -1.66. The lowest BCUT2D eigenvalue weighted by atomic mass is 10.1. The van der Waals surface area contributed by atoms with Crippen LogP contribution in [0.5, 0.6) is 0 Å². The summed E-state index contributed by atoms with van der Waals surface area (Å²) in [5.74, 6) is 0.603. The molecule has 23 heavy (non-hydrogen) atoms. The Bertz CT molecular complexity index is 624. The number of carbonyl (C=O) groups excluding carboxylic acids is 1. The number of aryl methyl sites for hydroxylation is 1. The monoisotopic (exact) mass is 319 g/mol. The van der Waals surface area contributed by atoms with E-state index in [-0.39, 0.29) is 17.6 Å². The highest BCUT2D eigenvalue weighted by Gasteiger charge is 2.30. The fourth-order valence-electron chi connectivity index (χ4n) is 3.06. The number of amides is 1. The first kappa shape index (κ1) is 16.2. The van der Waals surface area contributed by atoms with Crippen molar-refractivity contribution in [3.63, 3.8) is 0 Å². The molecule has 2 aliphatic rings. The van der Waals surface area contributed by atoms with Gasteiger partial charge in [-0.1, -0.05) is 0 Å². The quantitative estimate of drug-likeness (QED) is 0.874. The Labute approximate surface area is 136 Å². The van der Waals surface area contributed by atoms with E-state index in [2.05, 4.69) is 16.9 Å². The van der Waals surface area contributed by atoms with Crippen LogP contribution in [0, 0.1) is 12.8 Å². The predicted octanol–water partition coefficient (Wildman–Crippen LogP) is 0.866. The van der Waals surface area contributed by atoms with Crippen molar-refractivity contribution in [1.82, 2.24) is 14.8 Å². The molecule has 6 nitrogen and oxygen atoms in total. The van der Waals surface area contributed by atoms with Crippen molar-refractivity contribution in [3.05, 3.63) is 33.7 Å². The molecule has 2 fully saturated rings. The molecule has 2 heterocycles. The molecular weight excluding hydrogens is 294 g/mol. The summed E-state index contributed by atoms with van der Waals surface area (Å²) in [6, 6.07) is 3.05. The SMILES string of the molecule is Cc1[nH]c(=O)ccc1C(=O)N(CC1CC1)C[C@@H]1CN(C)CCO1. The summed E-state index contributed by atoms with van der Waals surface area (Å²) in [4.78, 5) is 31.2. The fourth-order valence-corrected chi connectivity index (χ4v) is 3.06. The van der Waals surface area contributed by atoms with Crippen molar-refractivity contribution in [3.8, 4) is 0 Å². The highest BCUT2D eigenvalue weighted by Crippen LogP contribution is 2.30. The standard InChI is InChI=1S/C17H25N3O3/c1-12-15(5-6-16(21)18-12)17(22)20(9-13-3-4-13)11-14-10-19(2)7-8-23-14/h5-6,13-14H,3-4,7-11H2,1-2H3,(H,18,21)/t14-/m0/s1. The van der Waals surface area contributed by atoms with Crippen LogP contribution in [0.3, 0.4) is 0 Å². The molecule has 0 bridgehead atoms. The van der Waals surface area contributed by atoms with Crippen LogP contribution in [0.4, 0.5) is 0 Å². The molecule has 1 amide bonds. The summed E-state index contributed by atoms with van der Waals surface area (Å²) in [5, 5.41) is 0. The van der Waals surface area contributed by atoms with Crippen molar-refractivity contribution in [2.45, 2.75) is 25.9 Å². The molecule has 1 atom stereocenters. The second-order valence-electron chi connectivity index (χ2n) is 6.77. The highest BCUT2D eigenvalue weighted by molar-refractivity contribution is 5.95. The average molecular weight is 319 g/mol. The van der Waals surface area contributed by atoms with E-state index in [1.54, 1.807) is 13.0 Å². The molecule has 6 heteroatoms. The predicted molar refractivity (Wildman–Crippen MR) is 87.7 cm³/mol. The number of ether oxygens (including phenoxy) is 1. The minimum Gasteiger partial charge on any atom is -0.374 e. The first-order chi connectivity index (χ1) is 11.0. The Morgan fingerprint density at radius 2 is 2.17 bits per heavy atom. The number of morpholine rings is 1. The number of pyridine rings is 1. The lowest BCUT2D eigenvalue weighted by Gasteiger charge is -2.34. The van der Waals surface area contributed by atoms with Crippen molar-refractivity contribution < 1.29 is 9.53 Å². The van der Waals surface area contributed by atoms with Gasteiger partial charge in [0.1, 0.15) is 0 Å². The zero-order chi connectivity index (χ0) is 16.4. The number of likely N-dealkylation sites (N-methyl/N-ethyl adjacent to an activating group) is 1. The van der Waals surface area contributed by atoms with E-state index >= 15 is 0 Å². The Balaban J connectivity index is 1.74. The van der Waals surface area contributed by atoms with Crippen LogP contribution < -0.4 is 5.56 Å². The van der Waals surface area contributed by atoms with E-state index < -0.39 is 0 Å². The molecule has 3 rings (SSSR count). The van der Waals surface area contributed by atoms with Crippen molar-refractivity contribution in [1.29, 1.82) is 0 Å². The minimum absolute atomic E-state index is 0.0116.